The van der Waals surface area contributed by atoms with E-state index in [0.717, 1.165) is 26.2 Å². The van der Waals surface area contributed by atoms with Gasteiger partial charge in [-0.1, -0.05) is 24.3 Å². The second-order valence-electron chi connectivity index (χ2n) is 4.88. The summed E-state index contributed by atoms with van der Waals surface area (Å²) >= 11 is 0. The van der Waals surface area contributed by atoms with E-state index in [1.165, 1.54) is 11.1 Å². The molecular weight excluding hydrogens is 226 g/mol. The number of likely N-dealkylation sites (N-methyl/N-ethyl adjacent to an activating group) is 1. The Morgan fingerprint density at radius 3 is 2.56 bits per heavy atom. The minimum Gasteiger partial charge on any atom is -0.334 e. The van der Waals surface area contributed by atoms with Crippen molar-refractivity contribution in [3.05, 3.63) is 35.4 Å². The smallest absolute Gasteiger partial charge is 0.317 e. The molecule has 0 aliphatic carbocycles. The monoisotopic (exact) mass is 247 g/mol. The predicted octanol–water partition coefficient (Wildman–Crippen LogP) is 1.45. The Morgan fingerprint density at radius 2 is 1.89 bits per heavy atom. The lowest BCUT2D eigenvalue weighted by Gasteiger charge is -2.32. The van der Waals surface area contributed by atoms with Crippen LogP contribution in [0.15, 0.2) is 24.3 Å². The van der Waals surface area contributed by atoms with Crippen molar-refractivity contribution in [3.63, 3.8) is 0 Å². The molecule has 1 aliphatic rings. The van der Waals surface area contributed by atoms with Crippen LogP contribution in [0.25, 0.3) is 0 Å². The molecule has 0 unspecified atom stereocenters. The van der Waals surface area contributed by atoms with Gasteiger partial charge in [0.1, 0.15) is 0 Å². The van der Waals surface area contributed by atoms with Crippen molar-refractivity contribution in [1.29, 1.82) is 0 Å². The number of benzene rings is 1. The Balaban J connectivity index is 1.83. The number of piperazine rings is 1. The summed E-state index contributed by atoms with van der Waals surface area (Å²) < 4.78 is 0. The molecule has 4 heteroatoms. The molecule has 1 aromatic rings. The van der Waals surface area contributed by atoms with Crippen LogP contribution >= 0.6 is 0 Å². The first-order chi connectivity index (χ1) is 8.66. The topological polar surface area (TPSA) is 35.6 Å². The number of carbonyl (C=O) groups excluding carboxylic acids is 1. The maximum atomic E-state index is 12.0. The van der Waals surface area contributed by atoms with Gasteiger partial charge in [0.05, 0.1) is 0 Å². The Morgan fingerprint density at radius 1 is 1.22 bits per heavy atom. The third-order valence-electron chi connectivity index (χ3n) is 3.48. The SMILES string of the molecule is Cc1ccccc1CNC(=O)N1CCN(C)CC1. The zero-order valence-electron chi connectivity index (χ0n) is 11.1. The molecule has 98 valence electrons. The summed E-state index contributed by atoms with van der Waals surface area (Å²) in [6, 6.07) is 8.19. The number of nitrogens with one attached hydrogen (secondary N) is 1. The molecule has 1 aliphatic heterocycles. The van der Waals surface area contributed by atoms with Crippen LogP contribution in [-0.2, 0) is 6.54 Å². The largest absolute Gasteiger partial charge is 0.334 e. The van der Waals surface area contributed by atoms with Crippen LogP contribution in [0, 0.1) is 6.92 Å². The van der Waals surface area contributed by atoms with Gasteiger partial charge in [-0.25, -0.2) is 4.79 Å². The maximum absolute atomic E-state index is 12.0. The summed E-state index contributed by atoms with van der Waals surface area (Å²) in [5.41, 5.74) is 2.40. The molecule has 1 heterocycles. The van der Waals surface area contributed by atoms with E-state index in [1.54, 1.807) is 0 Å². The lowest BCUT2D eigenvalue weighted by Crippen LogP contribution is -2.50. The van der Waals surface area contributed by atoms with Gasteiger partial charge in [0, 0.05) is 32.7 Å². The molecule has 4 nitrogen and oxygen atoms in total. The Hall–Kier alpha value is -1.55. The van der Waals surface area contributed by atoms with Gasteiger partial charge in [0.25, 0.3) is 0 Å². The normalized spacial score (nSPS) is 16.7. The van der Waals surface area contributed by atoms with E-state index in [4.69, 9.17) is 0 Å². The second-order valence-corrected chi connectivity index (χ2v) is 4.88. The van der Waals surface area contributed by atoms with Crippen molar-refractivity contribution in [2.45, 2.75) is 13.5 Å². The minimum absolute atomic E-state index is 0.0475. The fourth-order valence-corrected chi connectivity index (χ4v) is 2.10. The molecule has 1 saturated heterocycles. The van der Waals surface area contributed by atoms with Crippen molar-refractivity contribution >= 4 is 6.03 Å². The van der Waals surface area contributed by atoms with E-state index in [1.807, 2.05) is 17.0 Å². The quantitative estimate of drug-likeness (QED) is 0.858. The molecular formula is C14H21N3O. The van der Waals surface area contributed by atoms with Crippen molar-refractivity contribution < 1.29 is 4.79 Å². The molecule has 0 radical (unpaired) electrons. The number of carbonyl (C=O) groups is 1. The fraction of sp³-hybridized carbons (Fsp3) is 0.500. The summed E-state index contributed by atoms with van der Waals surface area (Å²) in [6.07, 6.45) is 0. The number of aryl methyl sites for hydroxylation is 1. The van der Waals surface area contributed by atoms with Gasteiger partial charge in [-0.05, 0) is 25.1 Å². The van der Waals surface area contributed by atoms with Crippen molar-refractivity contribution in [1.82, 2.24) is 15.1 Å². The van der Waals surface area contributed by atoms with E-state index in [0.29, 0.717) is 6.54 Å². The van der Waals surface area contributed by atoms with Gasteiger partial charge in [0.15, 0.2) is 0 Å². The number of amides is 2. The Kier molecular flexibility index (Phi) is 4.20. The Labute approximate surface area is 109 Å². The molecule has 1 aromatic carbocycles. The molecule has 1 N–H and O–H groups in total. The zero-order valence-corrected chi connectivity index (χ0v) is 11.1. The number of nitrogens with zero attached hydrogens (tertiary/aromatic N) is 2. The predicted molar refractivity (Wildman–Crippen MR) is 72.5 cm³/mol. The van der Waals surface area contributed by atoms with Crippen LogP contribution in [0.2, 0.25) is 0 Å². The number of hydrogen-bond donors (Lipinski definition) is 1. The lowest BCUT2D eigenvalue weighted by atomic mass is 10.1. The Bertz CT molecular complexity index is 411. The summed E-state index contributed by atoms with van der Waals surface area (Å²) in [5.74, 6) is 0. The molecule has 1 fully saturated rings. The van der Waals surface area contributed by atoms with Gasteiger partial charge in [-0.3, -0.25) is 0 Å². The molecule has 2 amide bonds. The summed E-state index contributed by atoms with van der Waals surface area (Å²) in [6.45, 7) is 6.22. The van der Waals surface area contributed by atoms with Crippen molar-refractivity contribution in [2.24, 2.45) is 0 Å². The number of rotatable bonds is 2. The minimum atomic E-state index is 0.0475. The van der Waals surface area contributed by atoms with E-state index in [-0.39, 0.29) is 6.03 Å². The summed E-state index contributed by atoms with van der Waals surface area (Å²) in [7, 11) is 2.09. The van der Waals surface area contributed by atoms with E-state index in [2.05, 4.69) is 36.3 Å². The van der Waals surface area contributed by atoms with Crippen molar-refractivity contribution in [2.75, 3.05) is 33.2 Å². The molecule has 0 atom stereocenters. The molecule has 18 heavy (non-hydrogen) atoms. The second kappa shape index (κ2) is 5.87. The molecule has 0 bridgehead atoms. The van der Waals surface area contributed by atoms with Crippen LogP contribution in [0.3, 0.4) is 0 Å². The van der Waals surface area contributed by atoms with Gasteiger partial charge >= 0.3 is 6.03 Å². The highest BCUT2D eigenvalue weighted by molar-refractivity contribution is 5.74. The van der Waals surface area contributed by atoms with Crippen LogP contribution < -0.4 is 5.32 Å². The zero-order chi connectivity index (χ0) is 13.0. The highest BCUT2D eigenvalue weighted by atomic mass is 16.2. The summed E-state index contributed by atoms with van der Waals surface area (Å²) in [4.78, 5) is 16.1. The third kappa shape index (κ3) is 3.23. The van der Waals surface area contributed by atoms with Gasteiger partial charge < -0.3 is 15.1 Å². The van der Waals surface area contributed by atoms with Gasteiger partial charge in [0.2, 0.25) is 0 Å². The van der Waals surface area contributed by atoms with Crippen LogP contribution in [0.4, 0.5) is 4.79 Å². The average Bonchev–Trinajstić information content (AvgIpc) is 2.38. The maximum Gasteiger partial charge on any atom is 0.317 e. The standard InChI is InChI=1S/C14H21N3O/c1-12-5-3-4-6-13(12)11-15-14(18)17-9-7-16(2)8-10-17/h3-6H,7-11H2,1-2H3,(H,15,18). The van der Waals surface area contributed by atoms with Crippen LogP contribution in [-0.4, -0.2) is 49.1 Å². The van der Waals surface area contributed by atoms with Gasteiger partial charge in [-0.2, -0.15) is 0 Å². The van der Waals surface area contributed by atoms with E-state index >= 15 is 0 Å². The molecule has 0 spiro atoms. The first-order valence-electron chi connectivity index (χ1n) is 6.42. The summed E-state index contributed by atoms with van der Waals surface area (Å²) in [5, 5.41) is 2.99. The average molecular weight is 247 g/mol. The first kappa shape index (κ1) is 12.9. The molecule has 2 rings (SSSR count). The highest BCUT2D eigenvalue weighted by Crippen LogP contribution is 2.07. The fourth-order valence-electron chi connectivity index (χ4n) is 2.10. The molecule has 0 aromatic heterocycles. The first-order valence-corrected chi connectivity index (χ1v) is 6.42. The van der Waals surface area contributed by atoms with Gasteiger partial charge in [-0.15, -0.1) is 0 Å². The van der Waals surface area contributed by atoms with E-state index in [9.17, 15) is 4.79 Å². The van der Waals surface area contributed by atoms with Crippen molar-refractivity contribution in [3.8, 4) is 0 Å². The highest BCUT2D eigenvalue weighted by Gasteiger charge is 2.18. The van der Waals surface area contributed by atoms with E-state index < -0.39 is 0 Å². The lowest BCUT2D eigenvalue weighted by molar-refractivity contribution is 0.154. The third-order valence-corrected chi connectivity index (χ3v) is 3.48. The number of urea groups is 1. The number of hydrogen-bond acceptors (Lipinski definition) is 2. The van der Waals surface area contributed by atoms with Crippen LogP contribution in [0.5, 0.6) is 0 Å². The van der Waals surface area contributed by atoms with Crippen LogP contribution in [0.1, 0.15) is 11.1 Å². The molecule has 0 saturated carbocycles.